The number of aryl methyl sites for hydroxylation is 1. The number of aromatic hydroxyl groups is 1. The Kier molecular flexibility index (Phi) is 7.28. The molecule has 0 aliphatic rings. The van der Waals surface area contributed by atoms with Crippen LogP contribution in [-0.2, 0) is 22.4 Å². The molecule has 0 unspecified atom stereocenters. The van der Waals surface area contributed by atoms with Gasteiger partial charge in [0, 0.05) is 41.0 Å². The van der Waals surface area contributed by atoms with E-state index in [4.69, 9.17) is 9.15 Å². The van der Waals surface area contributed by atoms with Crippen LogP contribution in [0, 0.1) is 0 Å². The number of fused-ring (bicyclic) bond motifs is 2. The molecule has 4 rings (SSSR count). The van der Waals surface area contributed by atoms with Crippen molar-refractivity contribution in [3.8, 4) is 11.5 Å². The molecule has 9 heteroatoms. The highest BCUT2D eigenvalue weighted by atomic mass is 16.5. The van der Waals surface area contributed by atoms with E-state index < -0.39 is 29.6 Å². The highest BCUT2D eigenvalue weighted by molar-refractivity contribution is 5.88. The third kappa shape index (κ3) is 5.51. The number of rotatable bonds is 10. The van der Waals surface area contributed by atoms with Gasteiger partial charge in [-0.1, -0.05) is 13.3 Å². The number of carbonyl (C=O) groups is 2. The summed E-state index contributed by atoms with van der Waals surface area (Å²) in [6.45, 7) is 3.56. The van der Waals surface area contributed by atoms with Crippen molar-refractivity contribution >= 4 is 33.7 Å². The molecule has 0 spiro atoms. The number of carbonyl (C=O) groups excluding carboxylic acids is 2. The summed E-state index contributed by atoms with van der Waals surface area (Å²) in [5.41, 5.74) is 2.12. The molecule has 9 nitrogen and oxygen atoms in total. The van der Waals surface area contributed by atoms with Crippen molar-refractivity contribution in [1.29, 1.82) is 0 Å². The third-order valence-corrected chi connectivity index (χ3v) is 6.06. The van der Waals surface area contributed by atoms with Crippen molar-refractivity contribution in [2.24, 2.45) is 0 Å². The molecule has 2 atom stereocenters. The first-order valence-electron chi connectivity index (χ1n) is 11.8. The van der Waals surface area contributed by atoms with Gasteiger partial charge in [0.25, 0.3) is 5.91 Å². The van der Waals surface area contributed by atoms with E-state index in [1.54, 1.807) is 30.5 Å². The van der Waals surface area contributed by atoms with Crippen LogP contribution in [0.2, 0.25) is 0 Å². The van der Waals surface area contributed by atoms with Gasteiger partial charge < -0.3 is 34.5 Å². The number of H-pyrrole nitrogens is 1. The molecule has 1 amide bonds. The van der Waals surface area contributed by atoms with Crippen molar-refractivity contribution in [1.82, 2.24) is 10.3 Å². The fraction of sp³-hybridized carbons (Fsp3) is 0.296. The summed E-state index contributed by atoms with van der Waals surface area (Å²) in [7, 11) is 0. The maximum atomic E-state index is 12.8. The smallest absolute Gasteiger partial charge is 0.336 e. The first-order chi connectivity index (χ1) is 17.2. The number of hydrogen-bond acceptors (Lipinski definition) is 7. The molecule has 0 fully saturated rings. The Balaban J connectivity index is 1.47. The highest BCUT2D eigenvalue weighted by Gasteiger charge is 2.22. The normalized spacial score (nSPS) is 12.9. The van der Waals surface area contributed by atoms with Crippen LogP contribution < -0.4 is 20.8 Å². The molecular formula is C27H27N2O7-. The summed E-state index contributed by atoms with van der Waals surface area (Å²) in [5, 5.41) is 25.4. The standard InChI is InChI=1S/C27H28N2O7/c1-3-4-5-16-11-25(31)36-24-13-19(7-8-20(16)24)35-15(2)26(32)29-23(27(33)34)10-17-14-28-22-9-6-18(30)12-21(17)22/h6-9,11-15,23,28,30H,3-5,10H2,1-2H3,(H,29,32)(H,33,34)/p-1/t15-,23+/m1/s1. The van der Waals surface area contributed by atoms with Crippen LogP contribution in [0.5, 0.6) is 11.5 Å². The fourth-order valence-electron chi connectivity index (χ4n) is 4.15. The van der Waals surface area contributed by atoms with E-state index in [0.717, 1.165) is 35.7 Å². The summed E-state index contributed by atoms with van der Waals surface area (Å²) < 4.78 is 11.0. The van der Waals surface area contributed by atoms with Gasteiger partial charge >= 0.3 is 5.63 Å². The number of aromatic nitrogens is 1. The molecule has 188 valence electrons. The summed E-state index contributed by atoms with van der Waals surface area (Å²) in [6.07, 6.45) is 3.22. The van der Waals surface area contributed by atoms with Crippen LogP contribution in [0.4, 0.5) is 0 Å². The molecule has 2 heterocycles. The minimum atomic E-state index is -1.45. The fourth-order valence-corrected chi connectivity index (χ4v) is 4.15. The van der Waals surface area contributed by atoms with E-state index in [-0.39, 0.29) is 12.2 Å². The number of benzene rings is 2. The van der Waals surface area contributed by atoms with Gasteiger partial charge in [-0.25, -0.2) is 4.79 Å². The van der Waals surface area contributed by atoms with Crippen molar-refractivity contribution in [3.63, 3.8) is 0 Å². The molecule has 0 aliphatic carbocycles. The van der Waals surface area contributed by atoms with Crippen LogP contribution >= 0.6 is 0 Å². The van der Waals surface area contributed by atoms with Gasteiger partial charge in [0.2, 0.25) is 0 Å². The SMILES string of the molecule is CCCCc1cc(=O)oc2cc(O[C@H](C)C(=O)N[C@@H](Cc3c[nH]c4ccc(O)cc34)C(=O)[O-])ccc12. The lowest BCUT2D eigenvalue weighted by atomic mass is 10.0. The van der Waals surface area contributed by atoms with E-state index in [1.807, 2.05) is 0 Å². The maximum Gasteiger partial charge on any atom is 0.336 e. The van der Waals surface area contributed by atoms with Gasteiger partial charge in [-0.15, -0.1) is 0 Å². The van der Waals surface area contributed by atoms with Crippen LogP contribution in [-0.4, -0.2) is 34.1 Å². The number of amides is 1. The molecule has 0 aliphatic heterocycles. The molecule has 0 bridgehead atoms. The summed E-state index contributed by atoms with van der Waals surface area (Å²) in [5.74, 6) is -1.75. The maximum absolute atomic E-state index is 12.8. The Hall–Kier alpha value is -4.27. The predicted molar refractivity (Wildman–Crippen MR) is 132 cm³/mol. The number of hydrogen-bond donors (Lipinski definition) is 3. The number of unbranched alkanes of at least 4 members (excludes halogenated alkanes) is 1. The number of carboxylic acids is 1. The average Bonchev–Trinajstić information content (AvgIpc) is 3.23. The van der Waals surface area contributed by atoms with Gasteiger partial charge in [-0.2, -0.15) is 0 Å². The van der Waals surface area contributed by atoms with Crippen LogP contribution in [0.3, 0.4) is 0 Å². The predicted octanol–water partition coefficient (Wildman–Crippen LogP) is 2.57. The molecule has 36 heavy (non-hydrogen) atoms. The quantitative estimate of drug-likeness (QED) is 0.289. The van der Waals surface area contributed by atoms with Crippen molar-refractivity contribution in [3.05, 3.63) is 70.2 Å². The first kappa shape index (κ1) is 24.8. The minimum absolute atomic E-state index is 0.0445. The molecular weight excluding hydrogens is 464 g/mol. The summed E-state index contributed by atoms with van der Waals surface area (Å²) in [4.78, 5) is 39.5. The van der Waals surface area contributed by atoms with Crippen LogP contribution in [0.1, 0.15) is 37.8 Å². The summed E-state index contributed by atoms with van der Waals surface area (Å²) in [6, 6.07) is 9.89. The number of aromatic amines is 1. The molecule has 0 saturated heterocycles. The van der Waals surface area contributed by atoms with Gasteiger partial charge in [0.1, 0.15) is 17.1 Å². The van der Waals surface area contributed by atoms with E-state index >= 15 is 0 Å². The van der Waals surface area contributed by atoms with Crippen LogP contribution in [0.25, 0.3) is 21.9 Å². The molecule has 2 aromatic heterocycles. The number of ether oxygens (including phenoxy) is 1. The second-order valence-electron chi connectivity index (χ2n) is 8.74. The van der Waals surface area contributed by atoms with Crippen molar-refractivity contribution < 1.29 is 29.0 Å². The van der Waals surface area contributed by atoms with E-state index in [2.05, 4.69) is 17.2 Å². The number of phenolic OH excluding ortho intramolecular Hbond substituents is 1. The molecule has 3 N–H and O–H groups in total. The topological polar surface area (TPSA) is 145 Å². The minimum Gasteiger partial charge on any atom is -0.548 e. The second-order valence-corrected chi connectivity index (χ2v) is 8.74. The molecule has 4 aromatic rings. The zero-order valence-electron chi connectivity index (χ0n) is 20.0. The summed E-state index contributed by atoms with van der Waals surface area (Å²) >= 11 is 0. The lowest BCUT2D eigenvalue weighted by Crippen LogP contribution is -2.52. The highest BCUT2D eigenvalue weighted by Crippen LogP contribution is 2.25. The van der Waals surface area contributed by atoms with E-state index in [9.17, 15) is 24.6 Å². The van der Waals surface area contributed by atoms with E-state index in [0.29, 0.717) is 22.3 Å². The second kappa shape index (κ2) is 10.6. The van der Waals surface area contributed by atoms with Gasteiger partial charge in [0.05, 0.1) is 12.0 Å². The first-order valence-corrected chi connectivity index (χ1v) is 11.8. The Morgan fingerprint density at radius 1 is 1.14 bits per heavy atom. The number of nitrogens with one attached hydrogen (secondary N) is 2. The number of phenols is 1. The Labute approximate surface area is 206 Å². The monoisotopic (exact) mass is 491 g/mol. The average molecular weight is 492 g/mol. The number of carboxylic acid groups (broad SMARTS) is 1. The third-order valence-electron chi connectivity index (χ3n) is 6.06. The van der Waals surface area contributed by atoms with Gasteiger partial charge in [-0.3, -0.25) is 4.79 Å². The largest absolute Gasteiger partial charge is 0.548 e. The number of aliphatic carboxylic acids is 1. The molecule has 2 aromatic carbocycles. The zero-order valence-corrected chi connectivity index (χ0v) is 20.0. The van der Waals surface area contributed by atoms with E-state index in [1.165, 1.54) is 25.1 Å². The molecule has 0 saturated carbocycles. The Bertz CT molecular complexity index is 1470. The lowest BCUT2D eigenvalue weighted by molar-refractivity contribution is -0.308. The van der Waals surface area contributed by atoms with Gasteiger partial charge in [-0.05, 0) is 61.2 Å². The Morgan fingerprint density at radius 3 is 2.69 bits per heavy atom. The van der Waals surface area contributed by atoms with Crippen molar-refractivity contribution in [2.75, 3.05) is 0 Å². The Morgan fingerprint density at radius 2 is 1.94 bits per heavy atom. The van der Waals surface area contributed by atoms with Crippen molar-refractivity contribution in [2.45, 2.75) is 51.7 Å². The zero-order chi connectivity index (χ0) is 25.8. The lowest BCUT2D eigenvalue weighted by Gasteiger charge is -2.22. The molecule has 0 radical (unpaired) electrons. The van der Waals surface area contributed by atoms with Gasteiger partial charge in [0.15, 0.2) is 6.10 Å². The van der Waals surface area contributed by atoms with Crippen LogP contribution in [0.15, 0.2) is 57.9 Å².